The van der Waals surface area contributed by atoms with Gasteiger partial charge < -0.3 is 15.6 Å². The Morgan fingerprint density at radius 2 is 2.44 bits per heavy atom. The summed E-state index contributed by atoms with van der Waals surface area (Å²) in [5, 5.41) is 8.59. The molecule has 1 atom stereocenters. The van der Waals surface area contributed by atoms with E-state index in [1.54, 1.807) is 6.92 Å². The molecule has 0 spiro atoms. The van der Waals surface area contributed by atoms with Crippen molar-refractivity contribution in [2.24, 2.45) is 5.73 Å². The molecule has 0 aromatic rings. The van der Waals surface area contributed by atoms with E-state index in [2.05, 4.69) is 4.74 Å². The molecule has 0 aliphatic rings. The maximum absolute atomic E-state index is 10.3. The molecular weight excluding hydrogens is 122 g/mol. The van der Waals surface area contributed by atoms with Gasteiger partial charge in [-0.2, -0.15) is 0 Å². The van der Waals surface area contributed by atoms with E-state index in [0.29, 0.717) is 0 Å². The molecule has 0 bridgehead atoms. The fourth-order valence-electron chi connectivity index (χ4n) is 0.283. The van der Waals surface area contributed by atoms with E-state index in [1.807, 2.05) is 0 Å². The topological polar surface area (TPSA) is 72.5 Å². The van der Waals surface area contributed by atoms with Gasteiger partial charge in [-0.25, -0.2) is 0 Å². The van der Waals surface area contributed by atoms with Crippen molar-refractivity contribution in [2.75, 3.05) is 6.54 Å². The Labute approximate surface area is 53.6 Å². The zero-order valence-corrected chi connectivity index (χ0v) is 5.33. The van der Waals surface area contributed by atoms with Crippen LogP contribution in [0, 0.1) is 0 Å². The van der Waals surface area contributed by atoms with Crippen LogP contribution < -0.4 is 5.73 Å². The SMILES string of the molecule is CCC(=O)OC(O)CN. The average molecular weight is 133 g/mol. The van der Waals surface area contributed by atoms with Crippen LogP contribution in [0.4, 0.5) is 0 Å². The highest BCUT2D eigenvalue weighted by atomic mass is 16.6. The Balaban J connectivity index is 3.34. The van der Waals surface area contributed by atoms with Crippen LogP contribution in [0.2, 0.25) is 0 Å². The van der Waals surface area contributed by atoms with Crippen LogP contribution in [0.25, 0.3) is 0 Å². The predicted octanol–water partition coefficient (Wildman–Crippen LogP) is -0.783. The first-order valence-corrected chi connectivity index (χ1v) is 2.78. The second-order valence-corrected chi connectivity index (χ2v) is 1.53. The predicted molar refractivity (Wildman–Crippen MR) is 31.4 cm³/mol. The van der Waals surface area contributed by atoms with Gasteiger partial charge in [0.15, 0.2) is 0 Å². The zero-order chi connectivity index (χ0) is 7.28. The lowest BCUT2D eigenvalue weighted by molar-refractivity contribution is -0.165. The fourth-order valence-corrected chi connectivity index (χ4v) is 0.283. The molecule has 0 aromatic heterocycles. The number of aliphatic hydroxyl groups excluding tert-OH is 1. The zero-order valence-electron chi connectivity index (χ0n) is 5.33. The Kier molecular flexibility index (Phi) is 4.00. The molecule has 4 nitrogen and oxygen atoms in total. The number of ether oxygens (including phenoxy) is 1. The molecule has 0 heterocycles. The van der Waals surface area contributed by atoms with Crippen molar-refractivity contribution < 1.29 is 14.6 Å². The molecule has 0 aliphatic carbocycles. The summed E-state index contributed by atoms with van der Waals surface area (Å²) < 4.78 is 4.34. The van der Waals surface area contributed by atoms with Gasteiger partial charge in [0.1, 0.15) is 0 Å². The molecule has 0 rings (SSSR count). The minimum atomic E-state index is -1.14. The van der Waals surface area contributed by atoms with Crippen LogP contribution in [-0.4, -0.2) is 23.9 Å². The smallest absolute Gasteiger partial charge is 0.307 e. The van der Waals surface area contributed by atoms with E-state index < -0.39 is 12.3 Å². The minimum Gasteiger partial charge on any atom is -0.435 e. The minimum absolute atomic E-state index is 0.0499. The lowest BCUT2D eigenvalue weighted by Crippen LogP contribution is -2.25. The van der Waals surface area contributed by atoms with E-state index in [0.717, 1.165) is 0 Å². The number of rotatable bonds is 3. The van der Waals surface area contributed by atoms with Crippen molar-refractivity contribution in [3.63, 3.8) is 0 Å². The number of nitrogens with two attached hydrogens (primary N) is 1. The third kappa shape index (κ3) is 3.93. The quantitative estimate of drug-likeness (QED) is 0.391. The summed E-state index contributed by atoms with van der Waals surface area (Å²) >= 11 is 0. The first-order valence-electron chi connectivity index (χ1n) is 2.78. The normalized spacial score (nSPS) is 12.8. The highest BCUT2D eigenvalue weighted by Gasteiger charge is 2.04. The number of carbonyl (C=O) groups excluding carboxylic acids is 1. The molecule has 0 aromatic carbocycles. The Morgan fingerprint density at radius 1 is 1.89 bits per heavy atom. The largest absolute Gasteiger partial charge is 0.435 e. The van der Waals surface area contributed by atoms with Crippen LogP contribution in [0.5, 0.6) is 0 Å². The molecule has 0 aliphatic heterocycles. The summed E-state index contributed by atoms with van der Waals surface area (Å²) in [6.07, 6.45) is -0.880. The summed E-state index contributed by atoms with van der Waals surface area (Å²) in [5.41, 5.74) is 4.95. The van der Waals surface area contributed by atoms with Crippen molar-refractivity contribution in [3.05, 3.63) is 0 Å². The fraction of sp³-hybridized carbons (Fsp3) is 0.800. The van der Waals surface area contributed by atoms with Crippen molar-refractivity contribution in [1.82, 2.24) is 0 Å². The first-order chi connectivity index (χ1) is 4.20. The van der Waals surface area contributed by atoms with Gasteiger partial charge in [0, 0.05) is 6.42 Å². The highest BCUT2D eigenvalue weighted by Crippen LogP contribution is 1.87. The standard InChI is InChI=1S/C5H11NO3/c1-2-4(7)9-5(8)3-6/h5,8H,2-3,6H2,1H3. The van der Waals surface area contributed by atoms with Crippen molar-refractivity contribution in [1.29, 1.82) is 0 Å². The molecule has 0 amide bonds. The van der Waals surface area contributed by atoms with Gasteiger partial charge >= 0.3 is 5.97 Å². The molecular formula is C5H11NO3. The summed E-state index contributed by atoms with van der Waals surface area (Å²) in [7, 11) is 0. The number of carbonyl (C=O) groups is 1. The second-order valence-electron chi connectivity index (χ2n) is 1.53. The molecule has 0 saturated carbocycles. The number of hydrogen-bond donors (Lipinski definition) is 2. The highest BCUT2D eigenvalue weighted by molar-refractivity contribution is 5.68. The molecule has 0 fully saturated rings. The molecule has 9 heavy (non-hydrogen) atoms. The van der Waals surface area contributed by atoms with Gasteiger partial charge in [0.25, 0.3) is 0 Å². The molecule has 0 radical (unpaired) electrons. The van der Waals surface area contributed by atoms with E-state index in [1.165, 1.54) is 0 Å². The third-order valence-electron chi connectivity index (χ3n) is 0.758. The second kappa shape index (κ2) is 4.29. The van der Waals surface area contributed by atoms with Gasteiger partial charge in [0.05, 0.1) is 6.54 Å². The van der Waals surface area contributed by atoms with Crippen LogP contribution in [0.15, 0.2) is 0 Å². The molecule has 1 unspecified atom stereocenters. The molecule has 4 heteroatoms. The maximum atomic E-state index is 10.3. The van der Waals surface area contributed by atoms with Crippen molar-refractivity contribution in [3.8, 4) is 0 Å². The van der Waals surface area contributed by atoms with E-state index in [9.17, 15) is 4.79 Å². The van der Waals surface area contributed by atoms with Crippen molar-refractivity contribution in [2.45, 2.75) is 19.6 Å². The van der Waals surface area contributed by atoms with Gasteiger partial charge in [-0.3, -0.25) is 4.79 Å². The lowest BCUT2D eigenvalue weighted by Gasteiger charge is -2.07. The Morgan fingerprint density at radius 3 is 2.78 bits per heavy atom. The molecule has 0 saturated heterocycles. The monoisotopic (exact) mass is 133 g/mol. The molecule has 54 valence electrons. The lowest BCUT2D eigenvalue weighted by atomic mass is 10.5. The average Bonchev–Trinajstić information content (AvgIpc) is 1.87. The summed E-state index contributed by atoms with van der Waals surface area (Å²) in [4.78, 5) is 10.3. The summed E-state index contributed by atoms with van der Waals surface area (Å²) in [6.45, 7) is 1.59. The van der Waals surface area contributed by atoms with Gasteiger partial charge in [-0.1, -0.05) is 6.92 Å². The molecule has 3 N–H and O–H groups in total. The van der Waals surface area contributed by atoms with Gasteiger partial charge in [0.2, 0.25) is 6.29 Å². The summed E-state index contributed by atoms with van der Waals surface area (Å²) in [6, 6.07) is 0. The first kappa shape index (κ1) is 8.39. The van der Waals surface area contributed by atoms with Crippen molar-refractivity contribution >= 4 is 5.97 Å². The van der Waals surface area contributed by atoms with E-state index >= 15 is 0 Å². The van der Waals surface area contributed by atoms with Crippen LogP contribution in [0.1, 0.15) is 13.3 Å². The maximum Gasteiger partial charge on any atom is 0.307 e. The van der Waals surface area contributed by atoms with Crippen LogP contribution in [-0.2, 0) is 9.53 Å². The number of hydrogen-bond acceptors (Lipinski definition) is 4. The third-order valence-corrected chi connectivity index (χ3v) is 0.758. The number of aliphatic hydroxyl groups is 1. The van der Waals surface area contributed by atoms with Crippen LogP contribution in [0.3, 0.4) is 0 Å². The van der Waals surface area contributed by atoms with Crippen LogP contribution >= 0.6 is 0 Å². The van der Waals surface area contributed by atoms with Gasteiger partial charge in [-0.05, 0) is 0 Å². The number of esters is 1. The Hall–Kier alpha value is -0.610. The van der Waals surface area contributed by atoms with Gasteiger partial charge in [-0.15, -0.1) is 0 Å². The summed E-state index contributed by atoms with van der Waals surface area (Å²) in [5.74, 6) is -0.437. The Bertz CT molecular complexity index is 94.2. The van der Waals surface area contributed by atoms with E-state index in [4.69, 9.17) is 10.8 Å². The van der Waals surface area contributed by atoms with E-state index in [-0.39, 0.29) is 13.0 Å².